The molecule has 3 aliphatic rings. The second-order valence-corrected chi connectivity index (χ2v) is 15.3. The Bertz CT molecular complexity index is 1050. The first-order chi connectivity index (χ1) is 22.8. The Hall–Kier alpha value is -2.08. The van der Waals surface area contributed by atoms with Gasteiger partial charge in [0, 0.05) is 44.4 Å². The minimum Gasteiger partial charge on any atom is -0.385 e. The van der Waals surface area contributed by atoms with E-state index in [9.17, 15) is 4.79 Å². The number of likely N-dealkylation sites (N-methyl/N-ethyl adjacent to an activating group) is 1. The molecule has 2 aliphatic carbocycles. The molecule has 3 rings (SSSR count). The maximum Gasteiger partial charge on any atom is 0.222 e. The number of amidine groups is 1. The third-order valence-electron chi connectivity index (χ3n) is 11.3. The van der Waals surface area contributed by atoms with Crippen molar-refractivity contribution in [3.05, 3.63) is 35.3 Å². The second kappa shape index (κ2) is 21.1. The predicted molar refractivity (Wildman–Crippen MR) is 202 cm³/mol. The summed E-state index contributed by atoms with van der Waals surface area (Å²) >= 11 is 0. The molecule has 6 heteroatoms. The first-order valence-corrected chi connectivity index (χ1v) is 20.1. The third-order valence-corrected chi connectivity index (χ3v) is 11.3. The number of hydrogen-bond donors (Lipinski definition) is 2. The van der Waals surface area contributed by atoms with Crippen LogP contribution in [0.5, 0.6) is 0 Å². The fraction of sp³-hybridized carbons (Fsp3) is 0.805. The maximum absolute atomic E-state index is 13.1. The Labute approximate surface area is 290 Å². The van der Waals surface area contributed by atoms with Gasteiger partial charge in [-0.15, -0.1) is 0 Å². The van der Waals surface area contributed by atoms with E-state index in [2.05, 4.69) is 82.5 Å². The van der Waals surface area contributed by atoms with Gasteiger partial charge in [-0.05, 0) is 95.5 Å². The number of unbranched alkanes of at least 4 members (excludes halogenated alkanes) is 4. The number of carbonyl (C=O) groups excluding carboxylic acids is 1. The summed E-state index contributed by atoms with van der Waals surface area (Å²) < 4.78 is 1.14. The van der Waals surface area contributed by atoms with Gasteiger partial charge in [0.1, 0.15) is 11.9 Å². The van der Waals surface area contributed by atoms with E-state index < -0.39 is 0 Å². The summed E-state index contributed by atoms with van der Waals surface area (Å²) in [6.07, 6.45) is 28.4. The molecule has 0 aromatic heterocycles. The van der Waals surface area contributed by atoms with Gasteiger partial charge in [0.25, 0.3) is 0 Å². The molecule has 1 amide bonds. The zero-order valence-corrected chi connectivity index (χ0v) is 31.8. The SMILES string of the molecule is CCC/C=C(NCCCN(CCCC)C(=O)CC1CCC1)/C(=C\N=C(C)NC1=CCC[N+](C)(C(CCC)CCCCC)C1C)C1CC1. The van der Waals surface area contributed by atoms with E-state index in [4.69, 9.17) is 4.99 Å². The first kappa shape index (κ1) is 39.4. The van der Waals surface area contributed by atoms with Crippen LogP contribution in [0, 0.1) is 11.8 Å². The van der Waals surface area contributed by atoms with Crippen molar-refractivity contribution in [3.8, 4) is 0 Å². The predicted octanol–water partition coefficient (Wildman–Crippen LogP) is 9.64. The van der Waals surface area contributed by atoms with Gasteiger partial charge < -0.3 is 20.0 Å². The molecule has 1 aliphatic heterocycles. The molecular formula is C41H74N5O+. The summed E-state index contributed by atoms with van der Waals surface area (Å²) in [7, 11) is 2.51. The highest BCUT2D eigenvalue weighted by atomic mass is 16.2. The van der Waals surface area contributed by atoms with Crippen LogP contribution in [0.2, 0.25) is 0 Å². The van der Waals surface area contributed by atoms with Crippen molar-refractivity contribution in [1.82, 2.24) is 15.5 Å². The molecule has 2 N–H and O–H groups in total. The Morgan fingerprint density at radius 3 is 2.38 bits per heavy atom. The molecule has 2 fully saturated rings. The molecular weight excluding hydrogens is 578 g/mol. The van der Waals surface area contributed by atoms with Crippen LogP contribution in [0.4, 0.5) is 0 Å². The van der Waals surface area contributed by atoms with Crippen molar-refractivity contribution in [2.24, 2.45) is 16.8 Å². The average molecular weight is 653 g/mol. The number of nitrogens with zero attached hydrogens (tertiary/aromatic N) is 3. The summed E-state index contributed by atoms with van der Waals surface area (Å²) in [5, 5.41) is 7.58. The Balaban J connectivity index is 1.64. The van der Waals surface area contributed by atoms with E-state index >= 15 is 0 Å². The highest BCUT2D eigenvalue weighted by Crippen LogP contribution is 2.39. The van der Waals surface area contributed by atoms with Gasteiger partial charge in [0.2, 0.25) is 5.91 Å². The largest absolute Gasteiger partial charge is 0.385 e. The summed E-state index contributed by atoms with van der Waals surface area (Å²) in [6, 6.07) is 1.17. The average Bonchev–Trinajstić information content (AvgIpc) is 3.88. The van der Waals surface area contributed by atoms with Crippen molar-refractivity contribution in [2.45, 2.75) is 169 Å². The van der Waals surface area contributed by atoms with E-state index in [1.54, 1.807) is 0 Å². The lowest BCUT2D eigenvalue weighted by molar-refractivity contribution is -0.952. The highest BCUT2D eigenvalue weighted by Gasteiger charge is 2.40. The number of rotatable bonds is 23. The zero-order valence-electron chi connectivity index (χ0n) is 31.8. The fourth-order valence-electron chi connectivity index (χ4n) is 7.59. The lowest BCUT2D eigenvalue weighted by atomic mass is 9.82. The van der Waals surface area contributed by atoms with Crippen molar-refractivity contribution >= 4 is 11.7 Å². The monoisotopic (exact) mass is 653 g/mol. The number of aliphatic imine (C=N–C) groups is 1. The Morgan fingerprint density at radius 1 is 1.00 bits per heavy atom. The summed E-state index contributed by atoms with van der Waals surface area (Å²) in [5.74, 6) is 2.59. The Kier molecular flexibility index (Phi) is 17.7. The Morgan fingerprint density at radius 2 is 1.74 bits per heavy atom. The van der Waals surface area contributed by atoms with Crippen LogP contribution in [-0.4, -0.2) is 66.4 Å². The van der Waals surface area contributed by atoms with Crippen molar-refractivity contribution in [3.63, 3.8) is 0 Å². The molecule has 1 heterocycles. The van der Waals surface area contributed by atoms with E-state index in [-0.39, 0.29) is 0 Å². The molecule has 6 nitrogen and oxygen atoms in total. The summed E-state index contributed by atoms with van der Waals surface area (Å²) in [5.41, 5.74) is 3.96. The van der Waals surface area contributed by atoms with Crippen molar-refractivity contribution in [2.75, 3.05) is 33.2 Å². The highest BCUT2D eigenvalue weighted by molar-refractivity contribution is 5.82. The van der Waals surface area contributed by atoms with Crippen LogP contribution in [0.15, 0.2) is 40.3 Å². The molecule has 0 saturated heterocycles. The second-order valence-electron chi connectivity index (χ2n) is 15.3. The zero-order chi connectivity index (χ0) is 34.1. The van der Waals surface area contributed by atoms with Gasteiger partial charge in [-0.1, -0.05) is 78.4 Å². The van der Waals surface area contributed by atoms with Gasteiger partial charge in [-0.3, -0.25) is 4.79 Å². The van der Waals surface area contributed by atoms with Crippen LogP contribution in [0.25, 0.3) is 0 Å². The summed E-state index contributed by atoms with van der Waals surface area (Å²) in [6.45, 7) is 17.6. The normalized spacial score (nSPS) is 23.3. The number of quaternary nitrogens is 1. The van der Waals surface area contributed by atoms with Crippen LogP contribution in [-0.2, 0) is 4.79 Å². The van der Waals surface area contributed by atoms with E-state index in [0.717, 1.165) is 80.9 Å². The lowest BCUT2D eigenvalue weighted by Crippen LogP contribution is -2.61. The fourth-order valence-corrected chi connectivity index (χ4v) is 7.59. The number of hydrogen-bond acceptors (Lipinski definition) is 3. The van der Waals surface area contributed by atoms with Crippen LogP contribution in [0.1, 0.15) is 157 Å². The molecule has 0 bridgehead atoms. The summed E-state index contributed by atoms with van der Waals surface area (Å²) in [4.78, 5) is 20.2. The molecule has 47 heavy (non-hydrogen) atoms. The number of allylic oxidation sites excluding steroid dienone is 2. The van der Waals surface area contributed by atoms with Crippen LogP contribution < -0.4 is 10.6 Å². The number of nitrogens with one attached hydrogen (secondary N) is 2. The molecule has 0 aromatic carbocycles. The van der Waals surface area contributed by atoms with Crippen LogP contribution >= 0.6 is 0 Å². The minimum atomic E-state index is 0.375. The molecule has 3 atom stereocenters. The van der Waals surface area contributed by atoms with Gasteiger partial charge in [-0.2, -0.15) is 0 Å². The number of carbonyl (C=O) groups is 1. The molecule has 0 aromatic rings. The van der Waals surface area contributed by atoms with E-state index in [1.165, 1.54) is 94.1 Å². The first-order valence-electron chi connectivity index (χ1n) is 20.1. The van der Waals surface area contributed by atoms with E-state index in [0.29, 0.717) is 23.8 Å². The molecule has 2 saturated carbocycles. The van der Waals surface area contributed by atoms with Crippen molar-refractivity contribution in [1.29, 1.82) is 0 Å². The van der Waals surface area contributed by atoms with E-state index in [1.807, 2.05) is 0 Å². The molecule has 0 spiro atoms. The lowest BCUT2D eigenvalue weighted by Gasteiger charge is -2.49. The van der Waals surface area contributed by atoms with Gasteiger partial charge in [0.15, 0.2) is 0 Å². The van der Waals surface area contributed by atoms with Crippen molar-refractivity contribution < 1.29 is 9.28 Å². The maximum atomic E-state index is 13.1. The molecule has 268 valence electrons. The standard InChI is InChI=1S/C41H74N5O/c1-8-12-15-22-37(19-11-4)46(7)30-17-24-39(33(46)5)44-34(6)43-32-38(36-25-26-36)40(23-13-9-2)42-27-18-29-45(28-14-10-3)41(47)31-35-20-16-21-35/h23-24,32-33,35-37,42H,8-22,25-31H2,1-7H3,(H,43,44)/q+1/b38-32-,40-23-. The quantitative estimate of drug-likeness (QED) is 0.0380. The topological polar surface area (TPSA) is 56.7 Å². The molecule has 0 radical (unpaired) electrons. The van der Waals surface area contributed by atoms with Gasteiger partial charge in [-0.25, -0.2) is 4.99 Å². The minimum absolute atomic E-state index is 0.375. The smallest absolute Gasteiger partial charge is 0.222 e. The third kappa shape index (κ3) is 12.7. The number of amides is 1. The van der Waals surface area contributed by atoms with Crippen LogP contribution in [0.3, 0.4) is 0 Å². The molecule has 3 unspecified atom stereocenters. The van der Waals surface area contributed by atoms with Gasteiger partial charge in [0.05, 0.1) is 25.3 Å². The van der Waals surface area contributed by atoms with Gasteiger partial charge >= 0.3 is 0 Å².